The number of imidazole rings is 1. The molecule has 3 atom stereocenters. The molecule has 1 aromatic carbocycles. The number of hydrogen-bond donors (Lipinski definition) is 2. The van der Waals surface area contributed by atoms with Crippen LogP contribution >= 0.6 is 11.6 Å². The Morgan fingerprint density at radius 3 is 2.57 bits per heavy atom. The molecule has 10 nitrogen and oxygen atoms in total. The van der Waals surface area contributed by atoms with Gasteiger partial charge >= 0.3 is 18.3 Å². The molecule has 2 aliphatic rings. The number of carbonyl (C=O) groups excluding carboxylic acids is 2. The molecule has 1 aliphatic carbocycles. The number of nitrogens with zero attached hydrogens (tertiary/aromatic N) is 4. The lowest BCUT2D eigenvalue weighted by Gasteiger charge is -2.33. The van der Waals surface area contributed by atoms with E-state index in [1.165, 1.54) is 23.9 Å². The fraction of sp³-hybridized carbons (Fsp3) is 0.500. The van der Waals surface area contributed by atoms with Crippen molar-refractivity contribution in [3.05, 3.63) is 64.6 Å². The fourth-order valence-corrected chi connectivity index (χ4v) is 5.82. The molecule has 44 heavy (non-hydrogen) atoms. The summed E-state index contributed by atoms with van der Waals surface area (Å²) in [5.41, 5.74) is 1.46. The van der Waals surface area contributed by atoms with E-state index in [2.05, 4.69) is 15.4 Å². The van der Waals surface area contributed by atoms with Gasteiger partial charge in [0.05, 0.1) is 37.1 Å². The first kappa shape index (κ1) is 31.7. The van der Waals surface area contributed by atoms with Crippen molar-refractivity contribution in [3.8, 4) is 0 Å². The van der Waals surface area contributed by atoms with Gasteiger partial charge in [0, 0.05) is 25.5 Å². The van der Waals surface area contributed by atoms with Crippen LogP contribution in [0.15, 0.2) is 42.6 Å². The maximum atomic E-state index is 14.0. The van der Waals surface area contributed by atoms with E-state index in [-0.39, 0.29) is 55.3 Å². The molecule has 3 heterocycles. The van der Waals surface area contributed by atoms with Crippen molar-refractivity contribution >= 4 is 29.4 Å². The summed E-state index contributed by atoms with van der Waals surface area (Å²) in [6.07, 6.45) is -4.40. The number of hydrogen-bond acceptors (Lipinski definition) is 6. The van der Waals surface area contributed by atoms with Gasteiger partial charge in [0.15, 0.2) is 10.8 Å². The summed E-state index contributed by atoms with van der Waals surface area (Å²) < 4.78 is 79.9. The molecule has 2 aromatic heterocycles. The number of nitrogens with one attached hydrogen (secondary N) is 2. The van der Waals surface area contributed by atoms with Crippen LogP contribution in [-0.4, -0.2) is 70.0 Å². The quantitative estimate of drug-likeness (QED) is 0.284. The normalized spacial score (nSPS) is 20.4. The molecule has 16 heteroatoms. The average Bonchev–Trinajstić information content (AvgIpc) is 3.57. The van der Waals surface area contributed by atoms with Crippen molar-refractivity contribution in [1.29, 1.82) is 0 Å². The summed E-state index contributed by atoms with van der Waals surface area (Å²) in [5, 5.41) is 8.87. The van der Waals surface area contributed by atoms with E-state index in [0.29, 0.717) is 5.69 Å². The first-order valence-electron chi connectivity index (χ1n) is 13.9. The SMILES string of the molecule is COC[C@H](c1cc2nc(C(NC(=O)OCc3ccccc3)C3CCC(F)(F)CC3)cn2nc1Cl)N1C[C@@H](C(F)(F)F)NC1=O. The van der Waals surface area contributed by atoms with Crippen molar-refractivity contribution in [2.24, 2.45) is 5.92 Å². The maximum Gasteiger partial charge on any atom is 0.410 e. The highest BCUT2D eigenvalue weighted by molar-refractivity contribution is 6.30. The summed E-state index contributed by atoms with van der Waals surface area (Å²) >= 11 is 6.47. The molecule has 1 aliphatic heterocycles. The molecule has 5 rings (SSSR count). The third-order valence-electron chi connectivity index (χ3n) is 7.88. The van der Waals surface area contributed by atoms with E-state index in [1.54, 1.807) is 24.3 Å². The van der Waals surface area contributed by atoms with Crippen molar-refractivity contribution < 1.29 is 41.0 Å². The lowest BCUT2D eigenvalue weighted by molar-refractivity contribution is -0.150. The number of ether oxygens (including phenoxy) is 2. The first-order valence-corrected chi connectivity index (χ1v) is 14.3. The second-order valence-corrected chi connectivity index (χ2v) is 11.3. The van der Waals surface area contributed by atoms with Crippen LogP contribution in [-0.2, 0) is 16.1 Å². The highest BCUT2D eigenvalue weighted by Crippen LogP contribution is 2.41. The summed E-state index contributed by atoms with van der Waals surface area (Å²) in [4.78, 5) is 30.9. The van der Waals surface area contributed by atoms with E-state index in [9.17, 15) is 31.5 Å². The Labute approximate surface area is 253 Å². The van der Waals surface area contributed by atoms with Gasteiger partial charge in [0.2, 0.25) is 5.92 Å². The molecule has 3 amide bonds. The number of carbonyl (C=O) groups is 2. The van der Waals surface area contributed by atoms with E-state index in [1.807, 2.05) is 11.4 Å². The molecule has 1 saturated heterocycles. The van der Waals surface area contributed by atoms with Crippen LogP contribution in [0.2, 0.25) is 5.15 Å². The van der Waals surface area contributed by atoms with E-state index < -0.39 is 54.8 Å². The molecule has 0 bridgehead atoms. The summed E-state index contributed by atoms with van der Waals surface area (Å²) in [7, 11) is 1.33. The Morgan fingerprint density at radius 1 is 1.23 bits per heavy atom. The number of alkyl carbamates (subject to hydrolysis) is 1. The molecular weight excluding hydrogens is 615 g/mol. The van der Waals surface area contributed by atoms with Gasteiger partial charge < -0.3 is 25.0 Å². The van der Waals surface area contributed by atoms with E-state index >= 15 is 0 Å². The van der Waals surface area contributed by atoms with Crippen LogP contribution < -0.4 is 10.6 Å². The van der Waals surface area contributed by atoms with Gasteiger partial charge in [-0.2, -0.15) is 18.3 Å². The summed E-state index contributed by atoms with van der Waals surface area (Å²) in [6, 6.07) is 5.61. The monoisotopic (exact) mass is 644 g/mol. The number of rotatable bonds is 9. The van der Waals surface area contributed by atoms with Gasteiger partial charge in [-0.25, -0.2) is 27.9 Å². The Balaban J connectivity index is 1.42. The lowest BCUT2D eigenvalue weighted by Crippen LogP contribution is -2.40. The lowest BCUT2D eigenvalue weighted by atomic mass is 9.81. The average molecular weight is 645 g/mol. The molecule has 1 saturated carbocycles. The van der Waals surface area contributed by atoms with Gasteiger partial charge in [0.25, 0.3) is 0 Å². The second kappa shape index (κ2) is 12.7. The second-order valence-electron chi connectivity index (χ2n) is 10.9. The highest BCUT2D eigenvalue weighted by atomic mass is 35.5. The first-order chi connectivity index (χ1) is 20.8. The standard InChI is InChI=1S/C28H30ClF5N6O4/c1-43-15-20(39-13-21(28(32,33)34)36-25(39)41)18-11-22-35-19(12-40(22)38-24(18)29)23(17-7-9-27(30,31)10-8-17)37-26(42)44-14-16-5-3-2-4-6-16/h2-6,11-12,17,20-21,23H,7-10,13-15H2,1H3,(H,36,41)(H,37,42)/t20-,21+,23?/m1/s1. The zero-order valence-electron chi connectivity index (χ0n) is 23.5. The minimum absolute atomic E-state index is 0.00597. The minimum atomic E-state index is -4.65. The van der Waals surface area contributed by atoms with Crippen LogP contribution in [0.1, 0.15) is 54.6 Å². The van der Waals surface area contributed by atoms with Gasteiger partial charge in [-0.05, 0) is 30.4 Å². The Morgan fingerprint density at radius 2 is 1.93 bits per heavy atom. The zero-order valence-corrected chi connectivity index (χ0v) is 24.2. The molecular formula is C28H30ClF5N6O4. The predicted octanol–water partition coefficient (Wildman–Crippen LogP) is 5.82. The van der Waals surface area contributed by atoms with Crippen molar-refractivity contribution in [2.75, 3.05) is 20.3 Å². The van der Waals surface area contributed by atoms with Crippen LogP contribution in [0.5, 0.6) is 0 Å². The number of aromatic nitrogens is 3. The smallest absolute Gasteiger partial charge is 0.410 e. The topological polar surface area (TPSA) is 110 Å². The third kappa shape index (κ3) is 7.15. The van der Waals surface area contributed by atoms with Crippen LogP contribution in [0.25, 0.3) is 5.65 Å². The summed E-state index contributed by atoms with van der Waals surface area (Å²) in [5.74, 6) is -3.20. The van der Waals surface area contributed by atoms with Crippen molar-refractivity contribution in [3.63, 3.8) is 0 Å². The fourth-order valence-electron chi connectivity index (χ4n) is 5.55. The number of urea groups is 1. The predicted molar refractivity (Wildman–Crippen MR) is 147 cm³/mol. The number of benzene rings is 1. The number of fused-ring (bicyclic) bond motifs is 1. The Hall–Kier alpha value is -3.72. The molecule has 2 fully saturated rings. The molecule has 1 unspecified atom stereocenters. The van der Waals surface area contributed by atoms with Gasteiger partial charge in [-0.1, -0.05) is 41.9 Å². The molecule has 0 radical (unpaired) electrons. The molecule has 2 N–H and O–H groups in total. The number of amides is 3. The zero-order chi connectivity index (χ0) is 31.6. The van der Waals surface area contributed by atoms with E-state index in [0.717, 1.165) is 10.5 Å². The van der Waals surface area contributed by atoms with Gasteiger partial charge in [0.1, 0.15) is 12.6 Å². The Bertz CT molecular complexity index is 1480. The van der Waals surface area contributed by atoms with Gasteiger partial charge in [-0.15, -0.1) is 0 Å². The number of alkyl halides is 5. The summed E-state index contributed by atoms with van der Waals surface area (Å²) in [6.45, 7) is -0.855. The van der Waals surface area contributed by atoms with Crippen LogP contribution in [0.3, 0.4) is 0 Å². The number of methoxy groups -OCH3 is 1. The van der Waals surface area contributed by atoms with Crippen molar-refractivity contribution in [1.82, 2.24) is 30.1 Å². The highest BCUT2D eigenvalue weighted by Gasteiger charge is 2.49. The molecule has 238 valence electrons. The van der Waals surface area contributed by atoms with E-state index in [4.69, 9.17) is 21.1 Å². The van der Waals surface area contributed by atoms with Crippen LogP contribution in [0.4, 0.5) is 31.5 Å². The van der Waals surface area contributed by atoms with Gasteiger partial charge in [-0.3, -0.25) is 0 Å². The number of halogens is 6. The van der Waals surface area contributed by atoms with Crippen molar-refractivity contribution in [2.45, 2.75) is 62.5 Å². The molecule has 3 aromatic rings. The largest absolute Gasteiger partial charge is 0.445 e. The minimum Gasteiger partial charge on any atom is -0.445 e. The third-order valence-corrected chi connectivity index (χ3v) is 8.18. The molecule has 0 spiro atoms. The Kier molecular flexibility index (Phi) is 9.16. The maximum absolute atomic E-state index is 14.0. The van der Waals surface area contributed by atoms with Crippen LogP contribution in [0, 0.1) is 5.92 Å².